The first-order valence-corrected chi connectivity index (χ1v) is 21.4. The Morgan fingerprint density at radius 3 is 2.48 bits per heavy atom. The smallest absolute Gasteiger partial charge is 0.0811 e. The molecule has 5 aliphatic carbocycles. The lowest BCUT2D eigenvalue weighted by molar-refractivity contribution is 0.336. The summed E-state index contributed by atoms with van der Waals surface area (Å²) in [6, 6.07) is 28.4. The summed E-state index contributed by atoms with van der Waals surface area (Å²) in [7, 11) is 0. The monoisotopic (exact) mass is 729 g/mol. The van der Waals surface area contributed by atoms with Gasteiger partial charge in [0.25, 0.3) is 0 Å². The quantitative estimate of drug-likeness (QED) is 0.235. The zero-order chi connectivity index (χ0) is 37.0. The van der Waals surface area contributed by atoms with E-state index in [1.54, 1.807) is 11.3 Å². The third-order valence-corrected chi connectivity index (χ3v) is 13.7. The zero-order valence-electron chi connectivity index (χ0n) is 32.3. The van der Waals surface area contributed by atoms with Gasteiger partial charge in [0.1, 0.15) is 0 Å². The van der Waals surface area contributed by atoms with Crippen LogP contribution in [0.25, 0.3) is 5.57 Å². The summed E-state index contributed by atoms with van der Waals surface area (Å²) in [5.41, 5.74) is 16.6. The van der Waals surface area contributed by atoms with Gasteiger partial charge in [-0.25, -0.2) is 0 Å². The Balaban J connectivity index is 0.959. The van der Waals surface area contributed by atoms with Crippen molar-refractivity contribution in [1.82, 2.24) is 4.90 Å². The van der Waals surface area contributed by atoms with Crippen LogP contribution in [0.5, 0.6) is 0 Å². The maximum atomic E-state index is 5.42. The highest BCUT2D eigenvalue weighted by Gasteiger charge is 2.43. The van der Waals surface area contributed by atoms with Crippen molar-refractivity contribution < 1.29 is 0 Å². The molecule has 3 aromatic carbocycles. The van der Waals surface area contributed by atoms with Gasteiger partial charge < -0.3 is 9.80 Å². The molecule has 56 heavy (non-hydrogen) atoms. The van der Waals surface area contributed by atoms with Crippen LogP contribution in [-0.2, 0) is 0 Å². The lowest BCUT2D eigenvalue weighted by Gasteiger charge is -2.37. The number of benzene rings is 3. The van der Waals surface area contributed by atoms with Crippen molar-refractivity contribution >= 4 is 22.7 Å². The first kappa shape index (κ1) is 33.9. The Morgan fingerprint density at radius 1 is 0.679 bits per heavy atom. The van der Waals surface area contributed by atoms with Gasteiger partial charge in [-0.05, 0) is 133 Å². The predicted molar refractivity (Wildman–Crippen MR) is 233 cm³/mol. The molecule has 3 aromatic rings. The number of hydrogen-bond donors (Lipinski definition) is 0. The molecule has 0 aromatic heterocycles. The maximum Gasteiger partial charge on any atom is 0.0811 e. The fourth-order valence-corrected chi connectivity index (χ4v) is 11.0. The number of rotatable bonds is 6. The molecular weight excluding hydrogens is 679 g/mol. The van der Waals surface area contributed by atoms with Gasteiger partial charge in [-0.3, -0.25) is 4.99 Å². The van der Waals surface area contributed by atoms with E-state index in [1.807, 2.05) is 0 Å². The first-order valence-electron chi connectivity index (χ1n) is 21.4. The Kier molecular flexibility index (Phi) is 8.63. The van der Waals surface area contributed by atoms with Crippen LogP contribution in [0.3, 0.4) is 0 Å². The van der Waals surface area contributed by atoms with Crippen LogP contribution in [-0.4, -0.2) is 22.7 Å². The molecule has 8 aliphatic rings. The molecule has 0 radical (unpaired) electrons. The number of dihydropyridines is 1. The number of nitrogens with zero attached hydrogens (tertiary/aromatic N) is 3. The van der Waals surface area contributed by atoms with Crippen molar-refractivity contribution in [3.8, 4) is 0 Å². The van der Waals surface area contributed by atoms with Crippen LogP contribution in [0.2, 0.25) is 0 Å². The van der Waals surface area contributed by atoms with Crippen LogP contribution in [0.4, 0.5) is 11.4 Å². The lowest BCUT2D eigenvalue weighted by Crippen LogP contribution is -2.34. The standard InChI is InChI=1S/C53H51N3/c1-4-15-36(16-5-1)39-21-14-22-42(31-39)55-51-26-13-11-24-45(51)47-32-40(28-30-52(47)55)41-27-29-46-44-23-10-12-25-50(44)56(53(46)33-41)43-34-48(37-17-6-2-7-18-37)54-49(35-43)38-19-8-3-9-20-38/h1-2,4,6-8,11,13-14,17-22,24,26-33,35-36,45-46,48,51,53H,3,5,9-10,12,15-16,23,25,34H2. The SMILES string of the molecule is C1=CC2c3cc(C4=CC5C(C=C4)C4=C(CCCC4)N5C4=CC(C5=CCCC=C5)=NC(c5ccccc5)C4)ccc3N(c3cccc(C4CC=CCC4)c3)C2C=C1. The van der Waals surface area contributed by atoms with Crippen molar-refractivity contribution in [1.29, 1.82) is 0 Å². The average Bonchev–Trinajstić information content (AvgIpc) is 3.79. The highest BCUT2D eigenvalue weighted by molar-refractivity contribution is 6.11. The molecule has 0 spiro atoms. The van der Waals surface area contributed by atoms with E-state index in [2.05, 4.69) is 162 Å². The van der Waals surface area contributed by atoms with Gasteiger partial charge in [-0.2, -0.15) is 0 Å². The molecule has 0 fully saturated rings. The topological polar surface area (TPSA) is 18.8 Å². The first-order chi connectivity index (χ1) is 27.8. The second-order valence-electron chi connectivity index (χ2n) is 17.0. The molecule has 278 valence electrons. The van der Waals surface area contributed by atoms with Gasteiger partial charge in [-0.1, -0.05) is 121 Å². The fourth-order valence-electron chi connectivity index (χ4n) is 11.0. The number of fused-ring (bicyclic) bond motifs is 5. The van der Waals surface area contributed by atoms with Crippen LogP contribution in [0, 0.1) is 5.92 Å². The Morgan fingerprint density at radius 2 is 1.59 bits per heavy atom. The minimum absolute atomic E-state index is 0.113. The number of allylic oxidation sites excluding steroid dienone is 12. The molecule has 0 saturated heterocycles. The lowest BCUT2D eigenvalue weighted by atomic mass is 9.82. The summed E-state index contributed by atoms with van der Waals surface area (Å²) in [4.78, 5) is 10.8. The molecule has 3 aliphatic heterocycles. The van der Waals surface area contributed by atoms with Crippen LogP contribution in [0.15, 0.2) is 179 Å². The second kappa shape index (κ2) is 14.3. The third kappa shape index (κ3) is 5.90. The molecule has 3 heterocycles. The van der Waals surface area contributed by atoms with E-state index in [9.17, 15) is 0 Å². The number of hydrogen-bond acceptors (Lipinski definition) is 3. The Bertz CT molecular complexity index is 2370. The summed E-state index contributed by atoms with van der Waals surface area (Å²) < 4.78 is 0. The molecular formula is C53H51N3. The van der Waals surface area contributed by atoms with Crippen molar-refractivity contribution in [2.24, 2.45) is 10.9 Å². The highest BCUT2D eigenvalue weighted by atomic mass is 15.2. The average molecular weight is 730 g/mol. The molecule has 0 bridgehead atoms. The van der Waals surface area contributed by atoms with Crippen molar-refractivity contribution in [2.45, 2.75) is 94.2 Å². The molecule has 0 N–H and O–H groups in total. The van der Waals surface area contributed by atoms with Crippen LogP contribution in [0.1, 0.15) is 104 Å². The fraction of sp³-hybridized carbons (Fsp3) is 0.302. The molecule has 0 saturated carbocycles. The third-order valence-electron chi connectivity index (χ3n) is 13.7. The number of aliphatic imine (C=N–C) groups is 1. The van der Waals surface area contributed by atoms with E-state index >= 15 is 0 Å². The van der Waals surface area contributed by atoms with E-state index in [1.165, 1.54) is 82.6 Å². The van der Waals surface area contributed by atoms with Gasteiger partial charge in [0.15, 0.2) is 0 Å². The minimum atomic E-state index is 0.113. The van der Waals surface area contributed by atoms with E-state index in [4.69, 9.17) is 4.99 Å². The zero-order valence-corrected chi connectivity index (χ0v) is 32.3. The van der Waals surface area contributed by atoms with E-state index in [0.717, 1.165) is 37.8 Å². The van der Waals surface area contributed by atoms with E-state index < -0.39 is 0 Å². The molecule has 3 nitrogen and oxygen atoms in total. The van der Waals surface area contributed by atoms with Gasteiger partial charge in [0.2, 0.25) is 0 Å². The minimum Gasteiger partial charge on any atom is -0.341 e. The van der Waals surface area contributed by atoms with Gasteiger partial charge in [0.05, 0.1) is 23.8 Å². The summed E-state index contributed by atoms with van der Waals surface area (Å²) in [6.45, 7) is 0. The van der Waals surface area contributed by atoms with E-state index in [-0.39, 0.29) is 18.1 Å². The van der Waals surface area contributed by atoms with Gasteiger partial charge in [0, 0.05) is 41.0 Å². The molecule has 11 rings (SSSR count). The maximum absolute atomic E-state index is 5.42. The largest absolute Gasteiger partial charge is 0.341 e. The van der Waals surface area contributed by atoms with Gasteiger partial charge in [-0.15, -0.1) is 0 Å². The molecule has 6 atom stereocenters. The van der Waals surface area contributed by atoms with Crippen molar-refractivity contribution in [3.63, 3.8) is 0 Å². The summed E-state index contributed by atoms with van der Waals surface area (Å²) in [5.74, 6) is 1.37. The molecule has 3 heteroatoms. The Labute approximate surface area is 332 Å². The van der Waals surface area contributed by atoms with Crippen LogP contribution >= 0.6 is 0 Å². The predicted octanol–water partition coefficient (Wildman–Crippen LogP) is 13.1. The Hall–Kier alpha value is -5.41. The summed E-state index contributed by atoms with van der Waals surface area (Å²) >= 11 is 0. The highest BCUT2D eigenvalue weighted by Crippen LogP contribution is 2.52. The second-order valence-corrected chi connectivity index (χ2v) is 17.0. The van der Waals surface area contributed by atoms with Crippen LogP contribution < -0.4 is 4.90 Å². The molecule has 6 unspecified atom stereocenters. The normalized spacial score (nSPS) is 28.6. The number of anilines is 2. The molecule has 0 amide bonds. The van der Waals surface area contributed by atoms with E-state index in [0.29, 0.717) is 17.8 Å². The summed E-state index contributed by atoms with van der Waals surface area (Å²) in [5, 5.41) is 0. The van der Waals surface area contributed by atoms with Crippen molar-refractivity contribution in [2.75, 3.05) is 4.90 Å². The summed E-state index contributed by atoms with van der Waals surface area (Å²) in [6.07, 6.45) is 42.7. The van der Waals surface area contributed by atoms with Gasteiger partial charge >= 0.3 is 0 Å². The van der Waals surface area contributed by atoms with Crippen molar-refractivity contribution in [3.05, 3.63) is 197 Å².